The lowest BCUT2D eigenvalue weighted by atomic mass is 9.60. The molecule has 0 saturated carbocycles. The quantitative estimate of drug-likeness (QED) is 0.138. The van der Waals surface area contributed by atoms with Gasteiger partial charge in [-0.3, -0.25) is 0 Å². The van der Waals surface area contributed by atoms with Gasteiger partial charge >= 0.3 is 0 Å². The smallest absolute Gasteiger partial charge is 0.165 e. The molecule has 20 heteroatoms. The number of sulfone groups is 2. The minimum atomic E-state index is -3.30. The molecule has 0 aromatic heterocycles. The summed E-state index contributed by atoms with van der Waals surface area (Å²) in [6, 6.07) is 19.2. The van der Waals surface area contributed by atoms with Gasteiger partial charge in [-0.2, -0.15) is 0 Å². The van der Waals surface area contributed by atoms with E-state index < -0.39 is 66.0 Å². The van der Waals surface area contributed by atoms with Crippen LogP contribution in [-0.2, 0) is 52.8 Å². The second-order valence-corrected chi connectivity index (χ2v) is 25.3. The van der Waals surface area contributed by atoms with Crippen molar-refractivity contribution in [1.29, 1.82) is 0 Å². The number of nitrogens with zero attached hydrogens (tertiary/aromatic N) is 1. The Morgan fingerprint density at radius 2 is 1.07 bits per heavy atom. The third-order valence-electron chi connectivity index (χ3n) is 15.6. The Labute approximate surface area is 436 Å². The number of hydrogen-bond acceptors (Lipinski definition) is 10. The average molecular weight is 1110 g/mol. The number of rotatable bonds is 12. The van der Waals surface area contributed by atoms with Gasteiger partial charge in [0.25, 0.3) is 0 Å². The Hall–Kier alpha value is -2.90. The first-order chi connectivity index (χ1) is 33.0. The zero-order valence-corrected chi connectivity index (χ0v) is 44.0. The van der Waals surface area contributed by atoms with E-state index >= 15 is 8.78 Å². The molecule has 0 unspecified atom stereocenters. The Bertz CT molecular complexity index is 2730. The second-order valence-electron chi connectivity index (χ2n) is 19.6. The summed E-state index contributed by atoms with van der Waals surface area (Å²) in [5, 5.41) is 3.54. The van der Waals surface area contributed by atoms with Crippen molar-refractivity contribution in [2.75, 3.05) is 71.2 Å². The maximum Gasteiger partial charge on any atom is 0.165 e. The van der Waals surface area contributed by atoms with Crippen LogP contribution in [0.5, 0.6) is 11.5 Å². The van der Waals surface area contributed by atoms with Crippen molar-refractivity contribution in [1.82, 2.24) is 10.2 Å². The van der Waals surface area contributed by atoms with E-state index in [2.05, 4.69) is 5.32 Å². The molecule has 4 aromatic carbocycles. The van der Waals surface area contributed by atoms with Crippen molar-refractivity contribution in [3.63, 3.8) is 0 Å². The number of halogens is 8. The highest BCUT2D eigenvalue weighted by atomic mass is 35.5. The molecule has 6 aliphatic rings. The minimum Gasteiger partial charge on any atom is -0.490 e. The van der Waals surface area contributed by atoms with Crippen molar-refractivity contribution in [3.05, 3.63) is 128 Å². The van der Waals surface area contributed by atoms with Gasteiger partial charge in [-0.25, -0.2) is 34.4 Å². The molecular formula is C51H60Cl4F4N2O8S2. The van der Waals surface area contributed by atoms with E-state index in [4.69, 9.17) is 42.1 Å². The lowest BCUT2D eigenvalue weighted by molar-refractivity contribution is -0.0965. The van der Waals surface area contributed by atoms with E-state index in [0.29, 0.717) is 94.3 Å². The molecule has 0 spiro atoms. The van der Waals surface area contributed by atoms with Crippen molar-refractivity contribution >= 4 is 67.7 Å². The summed E-state index contributed by atoms with van der Waals surface area (Å²) in [7, 11) is -4.66. The molecular weight excluding hydrogens is 1050 g/mol. The fraction of sp³-hybridized carbons (Fsp3) is 0.529. The molecule has 0 aliphatic carbocycles. The first kappa shape index (κ1) is 55.8. The van der Waals surface area contributed by atoms with Crippen LogP contribution in [-0.4, -0.2) is 116 Å². The fourth-order valence-electron chi connectivity index (χ4n) is 12.0. The average Bonchev–Trinajstić information content (AvgIpc) is 4.05. The summed E-state index contributed by atoms with van der Waals surface area (Å²) in [5.74, 6) is -2.94. The molecule has 4 aromatic rings. The van der Waals surface area contributed by atoms with Gasteiger partial charge in [-0.15, -0.1) is 24.8 Å². The molecule has 6 heterocycles. The lowest BCUT2D eigenvalue weighted by Gasteiger charge is -2.51. The van der Waals surface area contributed by atoms with Crippen molar-refractivity contribution < 1.29 is 53.3 Å². The van der Waals surface area contributed by atoms with Crippen LogP contribution in [0, 0.1) is 35.1 Å². The Morgan fingerprint density at radius 1 is 0.634 bits per heavy atom. The number of ether oxygens (including phenoxy) is 4. The first-order valence-electron chi connectivity index (χ1n) is 23.8. The summed E-state index contributed by atoms with van der Waals surface area (Å²) in [5.41, 5.74) is 0.782. The zero-order valence-electron chi connectivity index (χ0n) is 39.2. The van der Waals surface area contributed by atoms with Crippen LogP contribution in [0.3, 0.4) is 0 Å². The SMILES string of the molecule is CN1CC[C@H](S(=O)(=O)CC[C@@H]2OCC[C@@]3(Cc4ccc(Cl)cc4)c4c(F)ccc(F)c4OC[C@@H]23)C1.Cl.Cl.O=S(=O)(CC[C@@H]1OCC[C@@]2(Cc3ccc(Cl)cc3)c3c(F)ccc(F)c3OC[C@@H]12)[C@H]1CCNC1. The number of hydrogen-bond donors (Lipinski definition) is 1. The number of likely N-dealkylation sites (tertiary alicyclic amines) is 1. The highest BCUT2D eigenvalue weighted by molar-refractivity contribution is 7.92. The van der Waals surface area contributed by atoms with Crippen molar-refractivity contribution in [2.24, 2.45) is 11.8 Å². The van der Waals surface area contributed by atoms with Crippen LogP contribution >= 0.6 is 48.0 Å². The number of benzene rings is 4. The molecule has 10 nitrogen and oxygen atoms in total. The first-order valence-corrected chi connectivity index (χ1v) is 28.0. The Balaban J connectivity index is 0.000000203. The predicted octanol–water partition coefficient (Wildman–Crippen LogP) is 9.31. The van der Waals surface area contributed by atoms with Crippen molar-refractivity contribution in [2.45, 2.75) is 84.9 Å². The summed E-state index contributed by atoms with van der Waals surface area (Å²) in [6.07, 6.45) is 2.80. The normalized spacial score (nSPS) is 28.0. The highest BCUT2D eigenvalue weighted by Gasteiger charge is 2.55. The summed E-state index contributed by atoms with van der Waals surface area (Å²) in [4.78, 5) is 2.03. The Kier molecular flexibility index (Phi) is 18.0. The van der Waals surface area contributed by atoms with Crippen LogP contribution in [0.4, 0.5) is 17.6 Å². The van der Waals surface area contributed by atoms with Gasteiger partial charge in [0, 0.05) is 70.1 Å². The molecule has 10 rings (SSSR count). The number of nitrogens with one attached hydrogen (secondary N) is 1. The number of fused-ring (bicyclic) bond motifs is 6. The van der Waals surface area contributed by atoms with Crippen LogP contribution in [0.25, 0.3) is 0 Å². The van der Waals surface area contributed by atoms with Gasteiger partial charge in [0.1, 0.15) is 11.6 Å². The van der Waals surface area contributed by atoms with Gasteiger partial charge in [0.2, 0.25) is 0 Å². The molecule has 0 radical (unpaired) electrons. The fourth-order valence-corrected chi connectivity index (χ4v) is 15.8. The van der Waals surface area contributed by atoms with Crippen LogP contribution in [0.1, 0.15) is 60.8 Å². The second kappa shape index (κ2) is 22.9. The summed E-state index contributed by atoms with van der Waals surface area (Å²) >= 11 is 12.1. The standard InChI is InChI=1S/C26H30ClF2NO4S.C25H28ClF2NO4S.2ClH/c1-30-11-8-19(15-30)35(31,32)13-9-23-20-16-34-25-22(29)7-6-21(28)24(25)26(20,10-12-33-23)14-17-2-4-18(27)5-3-17;26-17-3-1-16(2-4-17)13-25-9-11-32-22(8-12-34(30,31)18-7-10-29-14-18)19(25)15-33-24-21(28)6-5-20(27)23(24)25;;/h2-7,19-20,23H,8-16H2,1H3;1-6,18-19,22,29H,7-15H2;2*1H/t19-,20-,23-,26-;18-,19-,22-,25-;;/m00../s1. The van der Waals surface area contributed by atoms with Crippen LogP contribution in [0.15, 0.2) is 72.8 Å². The van der Waals surface area contributed by atoms with Crippen LogP contribution < -0.4 is 14.8 Å². The monoisotopic (exact) mass is 1110 g/mol. The van der Waals surface area contributed by atoms with Crippen LogP contribution in [0.2, 0.25) is 10.0 Å². The third-order valence-corrected chi connectivity index (χ3v) is 20.6. The molecule has 71 heavy (non-hydrogen) atoms. The van der Waals surface area contributed by atoms with E-state index in [0.717, 1.165) is 41.9 Å². The predicted molar refractivity (Wildman–Crippen MR) is 272 cm³/mol. The van der Waals surface area contributed by atoms with E-state index in [1.807, 2.05) is 36.2 Å². The highest BCUT2D eigenvalue weighted by Crippen LogP contribution is 2.54. The molecule has 1 N–H and O–H groups in total. The summed E-state index contributed by atoms with van der Waals surface area (Å²) < 4.78 is 136. The maximum absolute atomic E-state index is 15.4. The minimum absolute atomic E-state index is 0. The van der Waals surface area contributed by atoms with Gasteiger partial charge in [-0.05, 0) is 131 Å². The molecule has 390 valence electrons. The molecule has 4 saturated heterocycles. The molecule has 6 aliphatic heterocycles. The molecule has 0 amide bonds. The van der Waals surface area contributed by atoms with E-state index in [1.165, 1.54) is 0 Å². The maximum atomic E-state index is 15.4. The third kappa shape index (κ3) is 11.5. The van der Waals surface area contributed by atoms with E-state index in [-0.39, 0.29) is 94.5 Å². The van der Waals surface area contributed by atoms with Gasteiger partial charge in [-0.1, -0.05) is 47.5 Å². The van der Waals surface area contributed by atoms with E-state index in [1.54, 1.807) is 24.3 Å². The zero-order chi connectivity index (χ0) is 48.7. The van der Waals surface area contributed by atoms with Gasteiger partial charge < -0.3 is 29.2 Å². The molecule has 8 atom stereocenters. The summed E-state index contributed by atoms with van der Waals surface area (Å²) in [6.45, 7) is 3.41. The topological polar surface area (TPSA) is 120 Å². The molecule has 4 fully saturated rings. The van der Waals surface area contributed by atoms with Gasteiger partial charge in [0.15, 0.2) is 42.8 Å². The van der Waals surface area contributed by atoms with Crippen molar-refractivity contribution in [3.8, 4) is 11.5 Å². The Morgan fingerprint density at radius 3 is 1.48 bits per heavy atom. The molecule has 0 bridgehead atoms. The van der Waals surface area contributed by atoms with E-state index in [9.17, 15) is 25.6 Å². The lowest BCUT2D eigenvalue weighted by Crippen LogP contribution is -2.55. The largest absolute Gasteiger partial charge is 0.490 e. The van der Waals surface area contributed by atoms with Gasteiger partial charge in [0.05, 0.1) is 47.4 Å².